The first kappa shape index (κ1) is 93.3. The van der Waals surface area contributed by atoms with Crippen LogP contribution < -0.4 is 74.9 Å². The zero-order chi connectivity index (χ0) is 85.6. The number of unbranched alkanes of at least 4 members (excludes halogenated alkanes) is 3. The molecule has 0 saturated carbocycles. The Morgan fingerprint density at radius 3 is 1.54 bits per heavy atom. The normalized spacial score (nSPS) is 14.7. The van der Waals surface area contributed by atoms with Gasteiger partial charge in [0.25, 0.3) is 11.8 Å². The lowest BCUT2D eigenvalue weighted by Gasteiger charge is -2.31. The molecule has 33 nitrogen and oxygen atoms in total. The van der Waals surface area contributed by atoms with Crippen molar-refractivity contribution in [2.24, 2.45) is 11.7 Å². The van der Waals surface area contributed by atoms with Gasteiger partial charge in [-0.2, -0.15) is 0 Å². The molecule has 0 unspecified atom stereocenters. The highest BCUT2D eigenvalue weighted by Gasteiger charge is 2.40. The van der Waals surface area contributed by atoms with E-state index in [-0.39, 0.29) is 120 Å². The van der Waals surface area contributed by atoms with Crippen molar-refractivity contribution in [1.29, 1.82) is 0 Å². The summed E-state index contributed by atoms with van der Waals surface area (Å²) in [4.78, 5) is 210. The van der Waals surface area contributed by atoms with E-state index in [2.05, 4.69) is 84.1 Å². The van der Waals surface area contributed by atoms with Gasteiger partial charge in [0, 0.05) is 81.7 Å². The van der Waals surface area contributed by atoms with Gasteiger partial charge in [0.05, 0.1) is 13.2 Å². The number of nitrogens with zero attached hydrogens (tertiary/aromatic N) is 4. The first-order chi connectivity index (χ1) is 56.5. The number of nitrogens with two attached hydrogens (primary N) is 1. The summed E-state index contributed by atoms with van der Waals surface area (Å²) in [6, 6.07) is 18.8. The number of hydrogen-bond acceptors (Lipinski definition) is 19. The van der Waals surface area contributed by atoms with Gasteiger partial charge in [-0.25, -0.2) is 0 Å². The molecular weight excluding hydrogens is 1540 g/mol. The molecule has 0 spiro atoms. The van der Waals surface area contributed by atoms with Crippen molar-refractivity contribution >= 4 is 105 Å². The van der Waals surface area contributed by atoms with E-state index in [4.69, 9.17) is 17.3 Å². The van der Waals surface area contributed by atoms with Crippen molar-refractivity contribution < 1.29 is 72.2 Å². The highest BCUT2D eigenvalue weighted by Crippen LogP contribution is 2.23. The molecule has 1 fully saturated rings. The fraction of sp³-hybridized carbons (Fsp3) is 0.464. The number of fused-ring (bicyclic) bond motifs is 1. The first-order valence-electron chi connectivity index (χ1n) is 40.0. The van der Waals surface area contributed by atoms with Gasteiger partial charge >= 0.3 is 0 Å². The Kier molecular flexibility index (Phi) is 38.5. The average Bonchev–Trinajstić information content (AvgIpc) is 1.63. The third kappa shape index (κ3) is 31.6. The molecule has 0 bridgehead atoms. The Bertz CT molecular complexity index is 4360. The van der Waals surface area contributed by atoms with Gasteiger partial charge in [0.2, 0.25) is 70.9 Å². The number of benzene rings is 3. The number of nitrogens with one attached hydrogen (secondary N) is 13. The number of aromatic nitrogens is 3. The van der Waals surface area contributed by atoms with Crippen molar-refractivity contribution in [2.45, 2.75) is 204 Å². The molecule has 1 aliphatic heterocycles. The number of rotatable bonds is 48. The number of likely N-dealkylation sites (tertiary alicyclic amines) is 1. The monoisotopic (exact) mass is 1650 g/mol. The molecule has 0 aliphatic carbocycles. The van der Waals surface area contributed by atoms with Crippen LogP contribution in [0.3, 0.4) is 0 Å². The van der Waals surface area contributed by atoms with E-state index in [1.54, 1.807) is 74.5 Å². The van der Waals surface area contributed by atoms with E-state index < -0.39 is 156 Å². The fourth-order valence-electron chi connectivity index (χ4n) is 13.2. The Hall–Kier alpha value is -11.8. The van der Waals surface area contributed by atoms with E-state index >= 15 is 9.59 Å². The van der Waals surface area contributed by atoms with Crippen LogP contribution in [0.25, 0.3) is 10.8 Å². The smallest absolute Gasteiger partial charge is 0.270 e. The summed E-state index contributed by atoms with van der Waals surface area (Å²) in [5.41, 5.74) is 7.35. The maximum atomic E-state index is 15.2. The Morgan fingerprint density at radius 2 is 0.983 bits per heavy atom. The number of pyridine rings is 3. The van der Waals surface area contributed by atoms with Crippen molar-refractivity contribution in [3.63, 3.8) is 0 Å². The minimum absolute atomic E-state index is 0.00142. The molecule has 6 aromatic rings. The zero-order valence-electron chi connectivity index (χ0n) is 67.5. The molecule has 34 heteroatoms. The van der Waals surface area contributed by atoms with Crippen LogP contribution in [0.1, 0.15) is 156 Å². The molecule has 634 valence electrons. The Labute approximate surface area is 691 Å². The summed E-state index contributed by atoms with van der Waals surface area (Å²) in [6.07, 6.45) is 7.54. The van der Waals surface area contributed by atoms with Crippen LogP contribution in [0, 0.1) is 5.92 Å². The van der Waals surface area contributed by atoms with Crippen LogP contribution in [0.5, 0.6) is 0 Å². The topological polar surface area (TPSA) is 484 Å². The number of carbonyl (C=O) groups excluding carboxylic acids is 14. The molecule has 118 heavy (non-hydrogen) atoms. The van der Waals surface area contributed by atoms with E-state index in [0.29, 0.717) is 47.5 Å². The Balaban J connectivity index is 1.16. The summed E-state index contributed by atoms with van der Waals surface area (Å²) in [5.74, 6) is -10.8. The maximum Gasteiger partial charge on any atom is 0.270 e. The molecule has 3 aromatic heterocycles. The molecule has 10 atom stereocenters. The number of hydrogen-bond donors (Lipinski definition) is 15. The molecule has 1 aliphatic rings. The van der Waals surface area contributed by atoms with Gasteiger partial charge in [-0.3, -0.25) is 82.1 Å². The summed E-state index contributed by atoms with van der Waals surface area (Å²) < 4.78 is 0. The average molecular weight is 1650 g/mol. The lowest BCUT2D eigenvalue weighted by molar-refractivity contribution is -0.142. The van der Waals surface area contributed by atoms with Crippen molar-refractivity contribution in [2.75, 3.05) is 39.3 Å². The van der Waals surface area contributed by atoms with Crippen molar-refractivity contribution in [3.05, 3.63) is 173 Å². The zero-order valence-corrected chi connectivity index (χ0v) is 68.2. The van der Waals surface area contributed by atoms with Crippen molar-refractivity contribution in [3.8, 4) is 0 Å². The SMILES string of the molecule is CC(=O)N[C@H](Cc1ccc2ccccc2c1)C(=O)N[C@H](Cc1ccc(Cl)cc1)C(=O)N[C@H](Cc1cccnc1)C(=O)N[C@@H](CO)C(=O)N[C@@H](CCCCNC(=O)CNC(=O)c1ccccn1)C(=O)N[C@H](CCCCNC(=O)c1ccccn1)C(=O)N[C@@H](CC(C)C)C(=O)N[C@@H](CCCCNC(C)C)C(=O)N1CCC[C@H]1C(=O)N[C@H](C)C(N)=O. The highest BCUT2D eigenvalue weighted by atomic mass is 35.5. The molecule has 3 aromatic carbocycles. The molecule has 16 N–H and O–H groups in total. The number of halogens is 1. The molecule has 0 radical (unpaired) electrons. The Morgan fingerprint density at radius 1 is 0.492 bits per heavy atom. The summed E-state index contributed by atoms with van der Waals surface area (Å²) in [6.45, 7) is 9.58. The summed E-state index contributed by atoms with van der Waals surface area (Å²) in [5, 5.41) is 49.0. The van der Waals surface area contributed by atoms with Gasteiger partial charge in [-0.1, -0.05) is 112 Å². The van der Waals surface area contributed by atoms with Gasteiger partial charge in [0.1, 0.15) is 71.8 Å². The van der Waals surface area contributed by atoms with Crippen LogP contribution in [0.2, 0.25) is 5.02 Å². The predicted molar refractivity (Wildman–Crippen MR) is 441 cm³/mol. The molecular formula is C84H111ClN18O15. The van der Waals surface area contributed by atoms with Gasteiger partial charge < -0.3 is 84.9 Å². The lowest BCUT2D eigenvalue weighted by atomic mass is 9.99. The fourth-order valence-corrected chi connectivity index (χ4v) is 13.3. The van der Waals surface area contributed by atoms with Gasteiger partial charge in [-0.05, 0) is 166 Å². The second-order valence-corrected chi connectivity index (χ2v) is 30.3. The van der Waals surface area contributed by atoms with Crippen molar-refractivity contribution in [1.82, 2.24) is 89.0 Å². The summed E-state index contributed by atoms with van der Waals surface area (Å²) >= 11 is 6.27. The minimum Gasteiger partial charge on any atom is -0.394 e. The van der Waals surface area contributed by atoms with Crippen LogP contribution in [-0.2, 0) is 76.8 Å². The van der Waals surface area contributed by atoms with E-state index in [1.807, 2.05) is 56.3 Å². The minimum atomic E-state index is -1.86. The van der Waals surface area contributed by atoms with Crippen LogP contribution in [0.4, 0.5) is 0 Å². The second kappa shape index (κ2) is 48.6. The lowest BCUT2D eigenvalue weighted by Crippen LogP contribution is -2.61. The van der Waals surface area contributed by atoms with Gasteiger partial charge in [-0.15, -0.1) is 0 Å². The quantitative estimate of drug-likeness (QED) is 0.0243. The molecule has 1 saturated heterocycles. The number of carbonyl (C=O) groups is 14. The number of aliphatic hydroxyl groups is 1. The third-order valence-corrected chi connectivity index (χ3v) is 19.8. The van der Waals surface area contributed by atoms with E-state index in [9.17, 15) is 62.6 Å². The standard InChI is InChI=1S/C84H111ClN18O15/c1-51(2)43-66(78(112)98-65(28-13-14-37-88-52(3)4)84(118)103-42-20-29-71(103)83(117)94-53(5)73(86)107)99-77(111)64(27-12-18-41-92-74(108)61-24-9-15-38-89-61)96-76(110)63(26-11-17-40-91-72(106)49-93-75(109)62-25-10-16-39-90-62)97-82(116)70(50-104)102-81(115)69(47-57-21-19-36-87-48-57)101-80(114)68(45-55-31-34-60(85)35-32-55)100-79(113)67(95-54(6)105)46-56-30-33-58-22-7-8-23-59(58)44-56/h7-10,15-16,19,21-25,30-36,38-39,44,48,51-53,63-71,88,104H,11-14,17-18,20,26-29,37,40-43,45-47,49-50H2,1-6H3,(H2,86,107)(H,91,106)(H,92,108)(H,93,109)(H,94,117)(H,95,105)(H,96,110)(H,97,116)(H,98,112)(H,99,111)(H,100,113)(H,101,114)(H,102,115)/t53-,63+,64-,65+,66+,67-,68-,69-,70+,71+/m1/s1. The van der Waals surface area contributed by atoms with E-state index in [0.717, 1.165) is 10.8 Å². The summed E-state index contributed by atoms with van der Waals surface area (Å²) in [7, 11) is 0. The van der Waals surface area contributed by atoms with E-state index in [1.165, 1.54) is 55.7 Å². The molecule has 7 rings (SSSR count). The number of primary amides is 1. The van der Waals surface area contributed by atoms with Gasteiger partial charge in [0.15, 0.2) is 0 Å². The molecule has 14 amide bonds. The maximum absolute atomic E-state index is 15.2. The largest absolute Gasteiger partial charge is 0.394 e. The predicted octanol–water partition coefficient (Wildman–Crippen LogP) is 2.11. The third-order valence-electron chi connectivity index (χ3n) is 19.5. The van der Waals surface area contributed by atoms with Crippen LogP contribution >= 0.6 is 11.6 Å². The second-order valence-electron chi connectivity index (χ2n) is 29.9. The number of aliphatic hydroxyl groups excluding tert-OH is 1. The van der Waals surface area contributed by atoms with Crippen LogP contribution in [-0.4, -0.2) is 213 Å². The highest BCUT2D eigenvalue weighted by molar-refractivity contribution is 6.30. The number of amides is 14. The molecule has 4 heterocycles. The first-order valence-corrected chi connectivity index (χ1v) is 40.3. The van der Waals surface area contributed by atoms with Crippen LogP contribution in [0.15, 0.2) is 140 Å².